The van der Waals surface area contributed by atoms with E-state index in [0.717, 1.165) is 31.2 Å². The molecule has 1 aromatic carbocycles. The normalized spacial score (nSPS) is 21.8. The molecule has 1 saturated heterocycles. The zero-order valence-corrected chi connectivity index (χ0v) is 18.8. The van der Waals surface area contributed by atoms with Crippen molar-refractivity contribution in [2.24, 2.45) is 11.8 Å². The van der Waals surface area contributed by atoms with Gasteiger partial charge in [0, 0.05) is 23.5 Å². The van der Waals surface area contributed by atoms with Gasteiger partial charge in [0.2, 0.25) is 10.0 Å². The quantitative estimate of drug-likeness (QED) is 0.772. The zero-order valence-electron chi connectivity index (χ0n) is 17.1. The predicted octanol–water partition coefficient (Wildman–Crippen LogP) is 4.03. The third-order valence-corrected chi connectivity index (χ3v) is 8.90. The van der Waals surface area contributed by atoms with Crippen LogP contribution in [0.25, 0.3) is 0 Å². The van der Waals surface area contributed by atoms with Crippen LogP contribution in [0.2, 0.25) is 0 Å². The number of aryl methyl sites for hydroxylation is 1. The second-order valence-corrected chi connectivity index (χ2v) is 11.5. The number of rotatable bonds is 4. The Morgan fingerprint density at radius 2 is 1.83 bits per heavy atom. The Labute approximate surface area is 181 Å². The van der Waals surface area contributed by atoms with E-state index in [1.807, 2.05) is 0 Å². The number of nitriles is 1. The monoisotopic (exact) mass is 443 g/mol. The van der Waals surface area contributed by atoms with Gasteiger partial charge in [0.25, 0.3) is 5.91 Å². The number of piperidine rings is 1. The summed E-state index contributed by atoms with van der Waals surface area (Å²) in [6, 6.07) is 8.27. The maximum absolute atomic E-state index is 13.0. The van der Waals surface area contributed by atoms with Gasteiger partial charge in [-0.1, -0.05) is 13.8 Å². The molecule has 0 saturated carbocycles. The summed E-state index contributed by atoms with van der Waals surface area (Å²) in [4.78, 5) is 14.1. The topological polar surface area (TPSA) is 90.3 Å². The van der Waals surface area contributed by atoms with E-state index in [1.54, 1.807) is 4.31 Å². The van der Waals surface area contributed by atoms with Crippen molar-refractivity contribution in [1.82, 2.24) is 4.31 Å². The number of sulfonamides is 1. The molecule has 158 valence electrons. The summed E-state index contributed by atoms with van der Waals surface area (Å²) in [7, 11) is -3.58. The van der Waals surface area contributed by atoms with Gasteiger partial charge in [-0.25, -0.2) is 8.42 Å². The highest BCUT2D eigenvalue weighted by Crippen LogP contribution is 2.38. The van der Waals surface area contributed by atoms with Gasteiger partial charge in [-0.15, -0.1) is 11.3 Å². The lowest BCUT2D eigenvalue weighted by Crippen LogP contribution is -2.42. The van der Waals surface area contributed by atoms with E-state index >= 15 is 0 Å². The van der Waals surface area contributed by atoms with Crippen molar-refractivity contribution in [2.45, 2.75) is 44.4 Å². The van der Waals surface area contributed by atoms with Crippen molar-refractivity contribution in [2.75, 3.05) is 18.4 Å². The molecule has 2 aliphatic rings. The number of fused-ring (bicyclic) bond motifs is 1. The fraction of sp³-hybridized carbons (Fsp3) is 0.455. The lowest BCUT2D eigenvalue weighted by molar-refractivity contribution is 0.102. The van der Waals surface area contributed by atoms with Gasteiger partial charge >= 0.3 is 0 Å². The number of hydrogen-bond acceptors (Lipinski definition) is 5. The average molecular weight is 444 g/mol. The number of nitrogens with zero attached hydrogens (tertiary/aromatic N) is 2. The molecule has 4 rings (SSSR count). The SMILES string of the molecule is C[C@@H]1C[C@@H](C)CN(S(=O)(=O)c2ccc(C(=O)Nc3sc4c(c3C#N)CCC4)cc2)C1. The van der Waals surface area contributed by atoms with Crippen molar-refractivity contribution in [3.05, 3.63) is 45.8 Å². The standard InChI is InChI=1S/C22H25N3O3S2/c1-14-10-15(2)13-25(12-14)30(27,28)17-8-6-16(7-9-17)21(26)24-22-19(11-23)18-4-3-5-20(18)29-22/h6-9,14-15H,3-5,10,12-13H2,1-2H3,(H,24,26)/t14-,15-/m1/s1. The molecular weight excluding hydrogens is 418 g/mol. The van der Waals surface area contributed by atoms with Gasteiger partial charge in [-0.3, -0.25) is 4.79 Å². The molecule has 2 aromatic rings. The molecule has 1 aliphatic heterocycles. The Morgan fingerprint density at radius 1 is 1.17 bits per heavy atom. The highest BCUT2D eigenvalue weighted by atomic mass is 32.2. The van der Waals surface area contributed by atoms with Crippen molar-refractivity contribution >= 4 is 32.3 Å². The van der Waals surface area contributed by atoms with Crippen LogP contribution in [-0.4, -0.2) is 31.7 Å². The minimum absolute atomic E-state index is 0.202. The maximum Gasteiger partial charge on any atom is 0.256 e. The number of carbonyl (C=O) groups excluding carboxylic acids is 1. The number of benzene rings is 1. The Balaban J connectivity index is 1.51. The van der Waals surface area contributed by atoms with Gasteiger partial charge in [-0.05, 0) is 67.3 Å². The Kier molecular flexibility index (Phi) is 5.71. The molecule has 1 N–H and O–H groups in total. The second-order valence-electron chi connectivity index (χ2n) is 8.42. The largest absolute Gasteiger partial charge is 0.312 e. The summed E-state index contributed by atoms with van der Waals surface area (Å²) < 4.78 is 27.6. The first-order valence-corrected chi connectivity index (χ1v) is 12.5. The minimum Gasteiger partial charge on any atom is -0.312 e. The van der Waals surface area contributed by atoms with Gasteiger partial charge in [-0.2, -0.15) is 9.57 Å². The Morgan fingerprint density at radius 3 is 2.47 bits per heavy atom. The van der Waals surface area contributed by atoms with Crippen LogP contribution < -0.4 is 5.32 Å². The van der Waals surface area contributed by atoms with E-state index in [1.165, 1.54) is 40.5 Å². The van der Waals surface area contributed by atoms with E-state index in [2.05, 4.69) is 25.2 Å². The van der Waals surface area contributed by atoms with Crippen molar-refractivity contribution in [3.8, 4) is 6.07 Å². The molecule has 8 heteroatoms. The fourth-order valence-corrected chi connectivity index (χ4v) is 7.43. The third kappa shape index (κ3) is 3.89. The third-order valence-electron chi connectivity index (χ3n) is 5.85. The molecule has 2 atom stereocenters. The summed E-state index contributed by atoms with van der Waals surface area (Å²) in [6.45, 7) is 5.19. The zero-order chi connectivity index (χ0) is 21.5. The van der Waals surface area contributed by atoms with Crippen LogP contribution in [0.3, 0.4) is 0 Å². The molecule has 30 heavy (non-hydrogen) atoms. The molecule has 6 nitrogen and oxygen atoms in total. The van der Waals surface area contributed by atoms with E-state index < -0.39 is 10.0 Å². The highest BCUT2D eigenvalue weighted by molar-refractivity contribution is 7.89. The van der Waals surface area contributed by atoms with Crippen LogP contribution in [0.15, 0.2) is 29.2 Å². The predicted molar refractivity (Wildman–Crippen MR) is 117 cm³/mol. The number of nitrogens with one attached hydrogen (secondary N) is 1. The summed E-state index contributed by atoms with van der Waals surface area (Å²) in [5, 5.41) is 12.9. The number of thiophene rings is 1. The van der Waals surface area contributed by atoms with Gasteiger partial charge in [0.1, 0.15) is 11.1 Å². The molecular formula is C22H25N3O3S2. The van der Waals surface area contributed by atoms with E-state index in [9.17, 15) is 18.5 Å². The van der Waals surface area contributed by atoms with Crippen LogP contribution in [0.4, 0.5) is 5.00 Å². The van der Waals surface area contributed by atoms with E-state index in [-0.39, 0.29) is 10.8 Å². The first kappa shape index (κ1) is 21.0. The van der Waals surface area contributed by atoms with E-state index in [0.29, 0.717) is 41.1 Å². The fourth-order valence-electron chi connectivity index (χ4n) is 4.52. The van der Waals surface area contributed by atoms with Crippen LogP contribution in [0.5, 0.6) is 0 Å². The molecule has 1 amide bonds. The lowest BCUT2D eigenvalue weighted by atomic mass is 9.94. The number of carbonyl (C=O) groups is 1. The Hall–Kier alpha value is -2.21. The molecule has 0 unspecified atom stereocenters. The number of amides is 1. The number of anilines is 1. The minimum atomic E-state index is -3.58. The molecule has 1 aromatic heterocycles. The van der Waals surface area contributed by atoms with E-state index in [4.69, 9.17) is 0 Å². The Bertz CT molecular complexity index is 1100. The van der Waals surface area contributed by atoms with Crippen LogP contribution >= 0.6 is 11.3 Å². The second kappa shape index (κ2) is 8.14. The first-order chi connectivity index (χ1) is 14.3. The van der Waals surface area contributed by atoms with Crippen LogP contribution in [-0.2, 0) is 22.9 Å². The molecule has 1 aliphatic carbocycles. The first-order valence-electron chi connectivity index (χ1n) is 10.3. The lowest BCUT2D eigenvalue weighted by Gasteiger charge is -2.34. The number of hydrogen-bond donors (Lipinski definition) is 1. The summed E-state index contributed by atoms with van der Waals surface area (Å²) in [5.74, 6) is 0.321. The summed E-state index contributed by atoms with van der Waals surface area (Å²) >= 11 is 1.47. The highest BCUT2D eigenvalue weighted by Gasteiger charge is 2.31. The van der Waals surface area contributed by atoms with Gasteiger partial charge < -0.3 is 5.32 Å². The van der Waals surface area contributed by atoms with Crippen molar-refractivity contribution in [1.29, 1.82) is 5.26 Å². The van der Waals surface area contributed by atoms with Crippen LogP contribution in [0, 0.1) is 23.2 Å². The molecule has 0 radical (unpaired) electrons. The average Bonchev–Trinajstić information content (AvgIpc) is 3.28. The smallest absolute Gasteiger partial charge is 0.256 e. The molecule has 0 bridgehead atoms. The van der Waals surface area contributed by atoms with Gasteiger partial charge in [0.15, 0.2) is 0 Å². The van der Waals surface area contributed by atoms with Crippen molar-refractivity contribution in [3.63, 3.8) is 0 Å². The van der Waals surface area contributed by atoms with Gasteiger partial charge in [0.05, 0.1) is 10.5 Å². The molecule has 0 spiro atoms. The molecule has 1 fully saturated rings. The molecule has 2 heterocycles. The summed E-state index contributed by atoms with van der Waals surface area (Å²) in [5.41, 5.74) is 1.99. The van der Waals surface area contributed by atoms with Crippen molar-refractivity contribution < 1.29 is 13.2 Å². The summed E-state index contributed by atoms with van der Waals surface area (Å²) in [6.07, 6.45) is 3.91. The van der Waals surface area contributed by atoms with Crippen LogP contribution in [0.1, 0.15) is 53.1 Å². The maximum atomic E-state index is 13.0.